The average molecular weight is 270 g/mol. The van der Waals surface area contributed by atoms with Crippen LogP contribution in [0, 0.1) is 0 Å². The second kappa shape index (κ2) is 6.95. The van der Waals surface area contributed by atoms with E-state index < -0.39 is 0 Å². The number of likely N-dealkylation sites (N-methyl/N-ethyl adjacent to an activating group) is 2. The molecule has 0 bridgehead atoms. The van der Waals surface area contributed by atoms with Crippen LogP contribution >= 0.6 is 0 Å². The fraction of sp³-hybridized carbons (Fsp3) is 0.636. The van der Waals surface area contributed by atoms with Gasteiger partial charge in [0, 0.05) is 0 Å². The Morgan fingerprint density at radius 1 is 0.842 bits per heavy atom. The van der Waals surface area contributed by atoms with Gasteiger partial charge in [-0.05, 0) is 13.6 Å². The molecule has 2 fully saturated rings. The highest BCUT2D eigenvalue weighted by Gasteiger charge is 2.20. The molecule has 2 saturated heterocycles. The summed E-state index contributed by atoms with van der Waals surface area (Å²) in [7, 11) is 1.73. The van der Waals surface area contributed by atoms with Gasteiger partial charge in [-0.15, -0.1) is 0 Å². The van der Waals surface area contributed by atoms with Gasteiger partial charge in [0.1, 0.15) is 0 Å². The summed E-state index contributed by atoms with van der Waals surface area (Å²) < 4.78 is 0. The van der Waals surface area contributed by atoms with Crippen LogP contribution in [0.4, 0.5) is 0 Å². The summed E-state index contributed by atoms with van der Waals surface area (Å²) in [5, 5.41) is 4.41. The molecule has 0 saturated carbocycles. The minimum atomic E-state index is -0.214. The number of nitrogens with one attached hydrogen (secondary N) is 2. The highest BCUT2D eigenvalue weighted by atomic mass is 16.2. The molecule has 2 heterocycles. The van der Waals surface area contributed by atoms with Crippen molar-refractivity contribution in [3.8, 4) is 0 Å². The Morgan fingerprint density at radius 3 is 1.53 bits per heavy atom. The van der Waals surface area contributed by atoms with Crippen molar-refractivity contribution < 1.29 is 19.2 Å². The van der Waals surface area contributed by atoms with Crippen LogP contribution in [-0.4, -0.2) is 73.2 Å². The molecule has 106 valence electrons. The Labute approximate surface area is 111 Å². The van der Waals surface area contributed by atoms with Gasteiger partial charge in [0.2, 0.25) is 23.6 Å². The summed E-state index contributed by atoms with van der Waals surface area (Å²) in [6, 6.07) is 0. The van der Waals surface area contributed by atoms with Gasteiger partial charge in [0.15, 0.2) is 0 Å². The maximum absolute atomic E-state index is 10.7. The fourth-order valence-corrected chi connectivity index (χ4v) is 1.70. The van der Waals surface area contributed by atoms with E-state index in [1.807, 2.05) is 6.92 Å². The molecule has 0 aliphatic carbocycles. The third-order valence-corrected chi connectivity index (χ3v) is 2.57. The Hall–Kier alpha value is -1.80. The second-order valence-corrected chi connectivity index (χ2v) is 4.42. The second-order valence-electron chi connectivity index (χ2n) is 4.42. The molecule has 2 aliphatic heterocycles. The third kappa shape index (κ3) is 5.58. The lowest BCUT2D eigenvalue weighted by atomic mass is 10.3. The first-order chi connectivity index (χ1) is 8.90. The zero-order valence-corrected chi connectivity index (χ0v) is 11.1. The van der Waals surface area contributed by atoms with E-state index in [9.17, 15) is 19.2 Å². The smallest absolute Gasteiger partial charge is 0.240 e. The molecule has 0 aromatic rings. The summed E-state index contributed by atoms with van der Waals surface area (Å²) in [6.45, 7) is 4.02. The number of nitrogens with zero attached hydrogens (tertiary/aromatic N) is 2. The third-order valence-electron chi connectivity index (χ3n) is 2.57. The lowest BCUT2D eigenvalue weighted by Gasteiger charge is -2.23. The Bertz CT molecular complexity index is 364. The van der Waals surface area contributed by atoms with E-state index in [4.69, 9.17) is 0 Å². The maximum atomic E-state index is 10.7. The van der Waals surface area contributed by atoms with E-state index in [1.165, 1.54) is 0 Å². The standard InChI is InChI=1S/C6H10N2O2.C5H8N2O2/c1-2-8-3-5(9)7-6(10)4-8;1-7-2-4(8)6-5(9)3-7/h2-4H2,1H3,(H,7,9,10);2-3H2,1H3,(H,6,8,9). The number of hydrogen-bond acceptors (Lipinski definition) is 6. The van der Waals surface area contributed by atoms with Gasteiger partial charge < -0.3 is 0 Å². The van der Waals surface area contributed by atoms with Gasteiger partial charge in [-0.25, -0.2) is 0 Å². The van der Waals surface area contributed by atoms with E-state index in [1.54, 1.807) is 16.8 Å². The van der Waals surface area contributed by atoms with Crippen molar-refractivity contribution in [2.75, 3.05) is 39.8 Å². The normalized spacial score (nSPS) is 21.4. The van der Waals surface area contributed by atoms with Crippen LogP contribution in [0.15, 0.2) is 0 Å². The molecule has 0 aromatic carbocycles. The van der Waals surface area contributed by atoms with Gasteiger partial charge in [-0.2, -0.15) is 0 Å². The van der Waals surface area contributed by atoms with Crippen LogP contribution in [0.5, 0.6) is 0 Å². The summed E-state index contributed by atoms with van der Waals surface area (Å²) in [5.41, 5.74) is 0. The molecule has 2 N–H and O–H groups in total. The first kappa shape index (κ1) is 15.3. The molecule has 0 radical (unpaired) electrons. The minimum Gasteiger partial charge on any atom is -0.294 e. The molecule has 19 heavy (non-hydrogen) atoms. The van der Waals surface area contributed by atoms with E-state index in [-0.39, 0.29) is 23.6 Å². The molecule has 4 amide bonds. The van der Waals surface area contributed by atoms with E-state index in [0.29, 0.717) is 26.2 Å². The van der Waals surface area contributed by atoms with E-state index in [2.05, 4.69) is 10.6 Å². The predicted molar refractivity (Wildman–Crippen MR) is 65.9 cm³/mol. The zero-order chi connectivity index (χ0) is 14.4. The summed E-state index contributed by atoms with van der Waals surface area (Å²) in [5.74, 6) is -0.821. The van der Waals surface area contributed by atoms with Crippen LogP contribution in [0.3, 0.4) is 0 Å². The van der Waals surface area contributed by atoms with Crippen molar-refractivity contribution in [1.82, 2.24) is 20.4 Å². The van der Waals surface area contributed by atoms with Gasteiger partial charge >= 0.3 is 0 Å². The zero-order valence-electron chi connectivity index (χ0n) is 11.1. The van der Waals surface area contributed by atoms with E-state index >= 15 is 0 Å². The Kier molecular flexibility index (Phi) is 5.58. The average Bonchev–Trinajstić information content (AvgIpc) is 2.26. The lowest BCUT2D eigenvalue weighted by molar-refractivity contribution is -0.137. The predicted octanol–water partition coefficient (Wildman–Crippen LogP) is -2.46. The molecule has 8 heteroatoms. The molecule has 0 spiro atoms. The van der Waals surface area contributed by atoms with Gasteiger partial charge in [0.25, 0.3) is 0 Å². The first-order valence-electron chi connectivity index (χ1n) is 5.97. The van der Waals surface area contributed by atoms with Crippen LogP contribution in [0.2, 0.25) is 0 Å². The van der Waals surface area contributed by atoms with Crippen molar-refractivity contribution >= 4 is 23.6 Å². The van der Waals surface area contributed by atoms with Gasteiger partial charge in [0.05, 0.1) is 26.2 Å². The SMILES string of the molecule is CCN1CC(=O)NC(=O)C1.CN1CC(=O)NC(=O)C1. The molecule has 2 rings (SSSR count). The topological polar surface area (TPSA) is 98.8 Å². The molecule has 0 unspecified atom stereocenters. The molecular weight excluding hydrogens is 252 g/mol. The highest BCUT2D eigenvalue weighted by molar-refractivity contribution is 5.99. The number of hydrogen-bond donors (Lipinski definition) is 2. The van der Waals surface area contributed by atoms with Crippen molar-refractivity contribution in [3.63, 3.8) is 0 Å². The lowest BCUT2D eigenvalue weighted by Crippen LogP contribution is -2.51. The summed E-state index contributed by atoms with van der Waals surface area (Å²) in [6.07, 6.45) is 0. The maximum Gasteiger partial charge on any atom is 0.240 e. The summed E-state index contributed by atoms with van der Waals surface area (Å²) >= 11 is 0. The highest BCUT2D eigenvalue weighted by Crippen LogP contribution is 1.92. The minimum absolute atomic E-state index is 0.196. The Morgan fingerprint density at radius 2 is 1.21 bits per heavy atom. The van der Waals surface area contributed by atoms with Crippen LogP contribution in [-0.2, 0) is 19.2 Å². The molecule has 2 aliphatic rings. The number of rotatable bonds is 1. The number of piperazine rings is 2. The van der Waals surface area contributed by atoms with Crippen molar-refractivity contribution in [2.24, 2.45) is 0 Å². The van der Waals surface area contributed by atoms with Crippen LogP contribution < -0.4 is 10.6 Å². The number of carbonyl (C=O) groups excluding carboxylic acids is 4. The fourth-order valence-electron chi connectivity index (χ4n) is 1.70. The largest absolute Gasteiger partial charge is 0.294 e. The van der Waals surface area contributed by atoms with Crippen LogP contribution in [0.25, 0.3) is 0 Å². The number of imide groups is 2. The molecular formula is C11H18N4O4. The van der Waals surface area contributed by atoms with Crippen molar-refractivity contribution in [2.45, 2.75) is 6.92 Å². The number of amides is 4. The summed E-state index contributed by atoms with van der Waals surface area (Å²) in [4.78, 5) is 45.8. The monoisotopic (exact) mass is 270 g/mol. The van der Waals surface area contributed by atoms with Crippen molar-refractivity contribution in [3.05, 3.63) is 0 Å². The van der Waals surface area contributed by atoms with Crippen LogP contribution in [0.1, 0.15) is 6.92 Å². The number of carbonyl (C=O) groups is 4. The molecule has 0 atom stereocenters. The molecule has 8 nitrogen and oxygen atoms in total. The molecule has 0 aromatic heterocycles. The Balaban J connectivity index is 0.000000191. The van der Waals surface area contributed by atoms with E-state index in [0.717, 1.165) is 6.54 Å². The first-order valence-corrected chi connectivity index (χ1v) is 5.97. The quantitative estimate of drug-likeness (QED) is 0.513. The van der Waals surface area contributed by atoms with Crippen molar-refractivity contribution in [1.29, 1.82) is 0 Å². The van der Waals surface area contributed by atoms with Gasteiger partial charge in [-0.1, -0.05) is 6.92 Å². The van der Waals surface area contributed by atoms with Gasteiger partial charge in [-0.3, -0.25) is 39.6 Å².